The Morgan fingerprint density at radius 2 is 1.79 bits per heavy atom. The largest absolute Gasteiger partial charge is 0.330 e. The molecule has 29 heavy (non-hydrogen) atoms. The van der Waals surface area contributed by atoms with Gasteiger partial charge in [0.2, 0.25) is 0 Å². The summed E-state index contributed by atoms with van der Waals surface area (Å²) in [6.45, 7) is 7.95. The molecule has 1 aromatic heterocycles. The third-order valence-corrected chi connectivity index (χ3v) is 5.41. The first-order chi connectivity index (χ1) is 13.1. The molecule has 0 radical (unpaired) electrons. The van der Waals surface area contributed by atoms with Gasteiger partial charge < -0.3 is 15.2 Å². The fourth-order valence-electron chi connectivity index (χ4n) is 4.05. The zero-order valence-corrected chi connectivity index (χ0v) is 19.5. The summed E-state index contributed by atoms with van der Waals surface area (Å²) >= 11 is 0. The van der Waals surface area contributed by atoms with Gasteiger partial charge >= 0.3 is 0 Å². The molecule has 3 rings (SSSR count). The molecule has 0 spiro atoms. The second kappa shape index (κ2) is 12.5. The fourth-order valence-corrected chi connectivity index (χ4v) is 4.05. The molecule has 2 aromatic rings. The predicted octanol–water partition coefficient (Wildman–Crippen LogP) is 3.08. The summed E-state index contributed by atoms with van der Waals surface area (Å²) in [6, 6.07) is 8.86. The quantitative estimate of drug-likeness (QED) is 0.680. The van der Waals surface area contributed by atoms with E-state index >= 15 is 0 Å². The Balaban J connectivity index is 0.00000210. The summed E-state index contributed by atoms with van der Waals surface area (Å²) < 4.78 is 2.32. The highest BCUT2D eigenvalue weighted by Gasteiger charge is 2.25. The number of piperidine rings is 1. The summed E-state index contributed by atoms with van der Waals surface area (Å²) in [5.41, 5.74) is 8.43. The minimum absolute atomic E-state index is 0. The number of nitrogens with two attached hydrogens (primary N) is 1. The molecular formula is C21H36Cl2N6. The summed E-state index contributed by atoms with van der Waals surface area (Å²) in [5.74, 6) is 2.78. The molecule has 0 bridgehead atoms. The van der Waals surface area contributed by atoms with Crippen LogP contribution in [0, 0.1) is 0 Å². The zero-order valence-electron chi connectivity index (χ0n) is 17.9. The van der Waals surface area contributed by atoms with Gasteiger partial charge in [0.1, 0.15) is 11.6 Å². The number of nitrogens with zero attached hydrogens (tertiary/aromatic N) is 5. The van der Waals surface area contributed by atoms with Crippen LogP contribution in [0.2, 0.25) is 0 Å². The van der Waals surface area contributed by atoms with E-state index in [1.54, 1.807) is 0 Å². The molecule has 0 atom stereocenters. The van der Waals surface area contributed by atoms with E-state index in [-0.39, 0.29) is 24.8 Å². The van der Waals surface area contributed by atoms with Crippen LogP contribution in [0.5, 0.6) is 0 Å². The van der Waals surface area contributed by atoms with Crippen molar-refractivity contribution in [1.82, 2.24) is 24.6 Å². The van der Waals surface area contributed by atoms with Crippen LogP contribution in [0.25, 0.3) is 0 Å². The Hall–Kier alpha value is -1.18. The van der Waals surface area contributed by atoms with Crippen molar-refractivity contribution in [3.8, 4) is 0 Å². The van der Waals surface area contributed by atoms with Crippen LogP contribution in [-0.4, -0.2) is 58.3 Å². The minimum atomic E-state index is 0. The molecule has 1 aliphatic rings. The van der Waals surface area contributed by atoms with Crippen LogP contribution in [0.15, 0.2) is 24.3 Å². The molecule has 1 aromatic carbocycles. The molecule has 1 aliphatic heterocycles. The van der Waals surface area contributed by atoms with Crippen LogP contribution >= 0.6 is 24.8 Å². The average molecular weight is 443 g/mol. The molecule has 0 saturated carbocycles. The van der Waals surface area contributed by atoms with Gasteiger partial charge in [0.05, 0.1) is 6.54 Å². The Morgan fingerprint density at radius 3 is 2.41 bits per heavy atom. The lowest BCUT2D eigenvalue weighted by Crippen LogP contribution is -2.33. The highest BCUT2D eigenvalue weighted by atomic mass is 35.5. The van der Waals surface area contributed by atoms with Gasteiger partial charge in [0.25, 0.3) is 0 Å². The Labute approximate surface area is 187 Å². The van der Waals surface area contributed by atoms with Crippen molar-refractivity contribution in [2.45, 2.75) is 51.7 Å². The maximum Gasteiger partial charge on any atom is 0.147 e. The molecule has 1 saturated heterocycles. The highest BCUT2D eigenvalue weighted by Crippen LogP contribution is 2.28. The van der Waals surface area contributed by atoms with Crippen LogP contribution in [-0.2, 0) is 26.1 Å². The number of halogens is 2. The maximum absolute atomic E-state index is 5.69. The average Bonchev–Trinajstić information content (AvgIpc) is 3.05. The lowest BCUT2D eigenvalue weighted by atomic mass is 9.95. The van der Waals surface area contributed by atoms with Crippen molar-refractivity contribution in [1.29, 1.82) is 0 Å². The molecule has 0 aliphatic carbocycles. The first-order valence-electron chi connectivity index (χ1n) is 10.2. The summed E-state index contributed by atoms with van der Waals surface area (Å²) in [5, 5.41) is 9.02. The van der Waals surface area contributed by atoms with Gasteiger partial charge in [0.15, 0.2) is 0 Å². The van der Waals surface area contributed by atoms with Crippen LogP contribution in [0.1, 0.15) is 48.5 Å². The number of hydrogen-bond donors (Lipinski definition) is 1. The molecular weight excluding hydrogens is 407 g/mol. The number of hydrogen-bond acceptors (Lipinski definition) is 5. The predicted molar refractivity (Wildman–Crippen MR) is 124 cm³/mol. The summed E-state index contributed by atoms with van der Waals surface area (Å²) in [7, 11) is 4.16. The zero-order chi connectivity index (χ0) is 19.2. The first kappa shape index (κ1) is 25.9. The smallest absolute Gasteiger partial charge is 0.147 e. The van der Waals surface area contributed by atoms with Crippen molar-refractivity contribution in [2.75, 3.05) is 33.7 Å². The van der Waals surface area contributed by atoms with E-state index in [4.69, 9.17) is 5.73 Å². The van der Waals surface area contributed by atoms with Crippen molar-refractivity contribution >= 4 is 24.8 Å². The van der Waals surface area contributed by atoms with Gasteiger partial charge in [-0.25, -0.2) is 0 Å². The van der Waals surface area contributed by atoms with Gasteiger partial charge in [-0.1, -0.05) is 24.3 Å². The molecule has 8 heteroatoms. The number of aromatic nitrogens is 3. The molecule has 2 heterocycles. The van der Waals surface area contributed by atoms with E-state index in [1.807, 2.05) is 0 Å². The fraction of sp³-hybridized carbons (Fsp3) is 0.619. The Morgan fingerprint density at radius 1 is 1.10 bits per heavy atom. The number of likely N-dealkylation sites (tertiary alicyclic amines) is 1. The molecule has 0 amide bonds. The van der Waals surface area contributed by atoms with Gasteiger partial charge in [-0.2, -0.15) is 0 Å². The maximum atomic E-state index is 5.69. The molecule has 2 N–H and O–H groups in total. The van der Waals surface area contributed by atoms with E-state index in [0.29, 0.717) is 12.5 Å². The molecule has 1 fully saturated rings. The van der Waals surface area contributed by atoms with Crippen LogP contribution < -0.4 is 5.73 Å². The monoisotopic (exact) mass is 442 g/mol. The van der Waals surface area contributed by atoms with E-state index in [0.717, 1.165) is 57.8 Å². The third-order valence-electron chi connectivity index (χ3n) is 5.41. The topological polar surface area (TPSA) is 63.2 Å². The SMILES string of the molecule is CCn1c(CN(C)C)nnc1C1CCN(Cc2cccc(CCN)c2)CC1.Cl.Cl. The summed E-state index contributed by atoms with van der Waals surface area (Å²) in [4.78, 5) is 4.72. The third kappa shape index (κ3) is 6.93. The normalized spacial score (nSPS) is 15.2. The van der Waals surface area contributed by atoms with E-state index in [1.165, 1.54) is 17.0 Å². The first-order valence-corrected chi connectivity index (χ1v) is 10.2. The van der Waals surface area contributed by atoms with Crippen molar-refractivity contribution in [3.63, 3.8) is 0 Å². The van der Waals surface area contributed by atoms with E-state index in [2.05, 4.69) is 69.8 Å². The van der Waals surface area contributed by atoms with Crippen LogP contribution in [0.3, 0.4) is 0 Å². The lowest BCUT2D eigenvalue weighted by molar-refractivity contribution is 0.200. The van der Waals surface area contributed by atoms with Crippen molar-refractivity contribution < 1.29 is 0 Å². The second-order valence-electron chi connectivity index (χ2n) is 7.87. The van der Waals surface area contributed by atoms with Crippen LogP contribution in [0.4, 0.5) is 0 Å². The van der Waals surface area contributed by atoms with Crippen molar-refractivity contribution in [3.05, 3.63) is 47.0 Å². The van der Waals surface area contributed by atoms with Crippen molar-refractivity contribution in [2.24, 2.45) is 5.73 Å². The van der Waals surface area contributed by atoms with Gasteiger partial charge in [-0.3, -0.25) is 4.90 Å². The van der Waals surface area contributed by atoms with E-state index in [9.17, 15) is 0 Å². The molecule has 164 valence electrons. The number of benzene rings is 1. The standard InChI is InChI=1S/C21H34N6.2ClH/c1-4-27-20(16-25(2)3)23-24-21(27)19-9-12-26(13-10-19)15-18-7-5-6-17(14-18)8-11-22;;/h5-7,14,19H,4,8-13,15-16,22H2,1-3H3;2*1H. The molecule has 0 unspecified atom stereocenters. The summed E-state index contributed by atoms with van der Waals surface area (Å²) in [6.07, 6.45) is 3.27. The van der Waals surface area contributed by atoms with E-state index < -0.39 is 0 Å². The number of rotatable bonds is 8. The second-order valence-corrected chi connectivity index (χ2v) is 7.87. The highest BCUT2D eigenvalue weighted by molar-refractivity contribution is 5.85. The van der Waals surface area contributed by atoms with Gasteiger partial charge in [-0.05, 0) is 71.0 Å². The Kier molecular flexibility index (Phi) is 11.1. The Bertz CT molecular complexity index is 726. The molecule has 6 nitrogen and oxygen atoms in total. The van der Waals surface area contributed by atoms with Gasteiger partial charge in [-0.15, -0.1) is 35.0 Å². The van der Waals surface area contributed by atoms with Gasteiger partial charge in [0, 0.05) is 19.0 Å². The lowest BCUT2D eigenvalue weighted by Gasteiger charge is -2.31. The minimum Gasteiger partial charge on any atom is -0.330 e.